The smallest absolute Gasteiger partial charge is 0.140 e. The van der Waals surface area contributed by atoms with E-state index in [1.54, 1.807) is 0 Å². The summed E-state index contributed by atoms with van der Waals surface area (Å²) >= 11 is 3.40. The molecule has 0 saturated heterocycles. The fourth-order valence-corrected chi connectivity index (χ4v) is 2.24. The van der Waals surface area contributed by atoms with Gasteiger partial charge in [0, 0.05) is 10.2 Å². The van der Waals surface area contributed by atoms with Crippen LogP contribution in [0, 0.1) is 11.3 Å². The van der Waals surface area contributed by atoms with Crippen LogP contribution in [0.1, 0.15) is 36.9 Å². The van der Waals surface area contributed by atoms with Crippen LogP contribution in [0.15, 0.2) is 53.0 Å². The van der Waals surface area contributed by atoms with Crippen molar-refractivity contribution in [2.75, 3.05) is 5.32 Å². The highest BCUT2D eigenvalue weighted by Crippen LogP contribution is 2.23. The Morgan fingerprint density at radius 3 is 2.00 bits per heavy atom. The van der Waals surface area contributed by atoms with Crippen LogP contribution < -0.4 is 5.32 Å². The Kier molecular flexibility index (Phi) is 4.81. The average molecular weight is 329 g/mol. The molecule has 0 saturated carbocycles. The molecule has 0 fully saturated rings. The van der Waals surface area contributed by atoms with Gasteiger partial charge in [-0.2, -0.15) is 5.26 Å². The summed E-state index contributed by atoms with van der Waals surface area (Å²) in [5, 5.41) is 12.6. The molecular formula is C17H17BrN2. The Bertz CT molecular complexity index is 594. The van der Waals surface area contributed by atoms with Crippen molar-refractivity contribution < 1.29 is 0 Å². The van der Waals surface area contributed by atoms with E-state index in [1.165, 1.54) is 5.56 Å². The summed E-state index contributed by atoms with van der Waals surface area (Å²) in [5.74, 6) is 0.504. The molecule has 0 spiro atoms. The van der Waals surface area contributed by atoms with E-state index in [9.17, 15) is 5.26 Å². The monoisotopic (exact) mass is 328 g/mol. The van der Waals surface area contributed by atoms with Gasteiger partial charge in [-0.3, -0.25) is 0 Å². The minimum atomic E-state index is -0.336. The number of nitriles is 1. The summed E-state index contributed by atoms with van der Waals surface area (Å²) in [5.41, 5.74) is 3.21. The lowest BCUT2D eigenvalue weighted by molar-refractivity contribution is 0.863. The zero-order valence-corrected chi connectivity index (χ0v) is 13.2. The van der Waals surface area contributed by atoms with Crippen LogP contribution in [0.25, 0.3) is 0 Å². The predicted octanol–water partition coefficient (Wildman–Crippen LogP) is 5.25. The first kappa shape index (κ1) is 14.6. The molecule has 2 aromatic rings. The third kappa shape index (κ3) is 3.61. The van der Waals surface area contributed by atoms with E-state index in [-0.39, 0.29) is 6.04 Å². The standard InChI is InChI=1S/C17H17BrN2/c1-12(2)13-3-5-14(6-4-13)17(11-19)20-16-9-7-15(18)8-10-16/h3-10,12,17,20H,1-2H3. The molecule has 0 aliphatic heterocycles. The van der Waals surface area contributed by atoms with E-state index >= 15 is 0 Å². The van der Waals surface area contributed by atoms with Crippen LogP contribution >= 0.6 is 15.9 Å². The minimum Gasteiger partial charge on any atom is -0.366 e. The van der Waals surface area contributed by atoms with Crippen molar-refractivity contribution in [3.63, 3.8) is 0 Å². The van der Waals surface area contributed by atoms with E-state index < -0.39 is 0 Å². The molecule has 20 heavy (non-hydrogen) atoms. The van der Waals surface area contributed by atoms with Crippen molar-refractivity contribution in [1.82, 2.24) is 0 Å². The molecule has 2 rings (SSSR count). The Hall–Kier alpha value is -1.79. The van der Waals surface area contributed by atoms with E-state index in [4.69, 9.17) is 0 Å². The number of benzene rings is 2. The molecule has 0 aromatic heterocycles. The van der Waals surface area contributed by atoms with Crippen LogP contribution in [-0.4, -0.2) is 0 Å². The van der Waals surface area contributed by atoms with Gasteiger partial charge in [-0.1, -0.05) is 54.0 Å². The van der Waals surface area contributed by atoms with Gasteiger partial charge < -0.3 is 5.32 Å². The molecule has 2 aromatic carbocycles. The van der Waals surface area contributed by atoms with Gasteiger partial charge in [0.1, 0.15) is 6.04 Å². The second-order valence-corrected chi connectivity index (χ2v) is 5.95. The number of nitrogens with one attached hydrogen (secondary N) is 1. The van der Waals surface area contributed by atoms with Crippen LogP contribution in [-0.2, 0) is 0 Å². The molecule has 0 aliphatic carbocycles. The summed E-state index contributed by atoms with van der Waals surface area (Å²) in [4.78, 5) is 0. The van der Waals surface area contributed by atoms with Crippen LogP contribution in [0.5, 0.6) is 0 Å². The largest absolute Gasteiger partial charge is 0.366 e. The molecule has 0 radical (unpaired) electrons. The van der Waals surface area contributed by atoms with Gasteiger partial charge in [0.2, 0.25) is 0 Å². The lowest BCUT2D eigenvalue weighted by Crippen LogP contribution is -2.08. The summed E-state index contributed by atoms with van der Waals surface area (Å²) < 4.78 is 1.03. The van der Waals surface area contributed by atoms with Crippen molar-refractivity contribution >= 4 is 21.6 Å². The normalized spacial score (nSPS) is 11.9. The fraction of sp³-hybridized carbons (Fsp3) is 0.235. The van der Waals surface area contributed by atoms with E-state index in [0.29, 0.717) is 5.92 Å². The first-order valence-corrected chi connectivity index (χ1v) is 7.41. The first-order chi connectivity index (χ1) is 9.60. The summed E-state index contributed by atoms with van der Waals surface area (Å²) in [6, 6.07) is 18.0. The zero-order valence-electron chi connectivity index (χ0n) is 11.6. The Labute approximate surface area is 128 Å². The number of hydrogen-bond acceptors (Lipinski definition) is 2. The fourth-order valence-electron chi connectivity index (χ4n) is 1.98. The second kappa shape index (κ2) is 6.58. The molecule has 1 unspecified atom stereocenters. The summed E-state index contributed by atoms with van der Waals surface area (Å²) in [6.45, 7) is 4.33. The molecule has 102 valence electrons. The highest BCUT2D eigenvalue weighted by atomic mass is 79.9. The summed E-state index contributed by atoms with van der Waals surface area (Å²) in [6.07, 6.45) is 0. The quantitative estimate of drug-likeness (QED) is 0.831. The van der Waals surface area contributed by atoms with Crippen LogP contribution in [0.4, 0.5) is 5.69 Å². The van der Waals surface area contributed by atoms with Crippen molar-refractivity contribution in [3.05, 3.63) is 64.1 Å². The van der Waals surface area contributed by atoms with Gasteiger partial charge in [0.25, 0.3) is 0 Å². The molecule has 0 amide bonds. The van der Waals surface area contributed by atoms with Gasteiger partial charge in [0.15, 0.2) is 0 Å². The number of halogens is 1. The number of nitrogens with zero attached hydrogens (tertiary/aromatic N) is 1. The third-order valence-electron chi connectivity index (χ3n) is 3.22. The summed E-state index contributed by atoms with van der Waals surface area (Å²) in [7, 11) is 0. The van der Waals surface area contributed by atoms with Gasteiger partial charge in [-0.05, 0) is 41.3 Å². The lowest BCUT2D eigenvalue weighted by atomic mass is 9.99. The van der Waals surface area contributed by atoms with Gasteiger partial charge >= 0.3 is 0 Å². The maximum absolute atomic E-state index is 9.35. The molecule has 0 aliphatic rings. The highest BCUT2D eigenvalue weighted by molar-refractivity contribution is 9.10. The van der Waals surface area contributed by atoms with Gasteiger partial charge in [-0.15, -0.1) is 0 Å². The Balaban J connectivity index is 2.16. The zero-order chi connectivity index (χ0) is 14.5. The number of anilines is 1. The van der Waals surface area contributed by atoms with Crippen LogP contribution in [0.2, 0.25) is 0 Å². The third-order valence-corrected chi connectivity index (χ3v) is 3.75. The Morgan fingerprint density at radius 2 is 1.50 bits per heavy atom. The van der Waals surface area contributed by atoms with Crippen molar-refractivity contribution in [1.29, 1.82) is 5.26 Å². The Morgan fingerprint density at radius 1 is 0.950 bits per heavy atom. The van der Waals surface area contributed by atoms with Crippen molar-refractivity contribution in [2.45, 2.75) is 25.8 Å². The average Bonchev–Trinajstić information content (AvgIpc) is 2.47. The maximum atomic E-state index is 9.35. The number of rotatable bonds is 4. The molecular weight excluding hydrogens is 312 g/mol. The second-order valence-electron chi connectivity index (χ2n) is 5.03. The molecule has 1 atom stereocenters. The molecule has 0 bridgehead atoms. The molecule has 0 heterocycles. The van der Waals surface area contributed by atoms with Crippen LogP contribution in [0.3, 0.4) is 0 Å². The molecule has 2 nitrogen and oxygen atoms in total. The molecule has 1 N–H and O–H groups in total. The van der Waals surface area contributed by atoms with E-state index in [2.05, 4.69) is 53.3 Å². The lowest BCUT2D eigenvalue weighted by Gasteiger charge is -2.14. The highest BCUT2D eigenvalue weighted by Gasteiger charge is 2.10. The predicted molar refractivity (Wildman–Crippen MR) is 86.6 cm³/mol. The maximum Gasteiger partial charge on any atom is 0.140 e. The topological polar surface area (TPSA) is 35.8 Å². The van der Waals surface area contributed by atoms with Crippen molar-refractivity contribution in [2.24, 2.45) is 0 Å². The van der Waals surface area contributed by atoms with Gasteiger partial charge in [-0.25, -0.2) is 0 Å². The SMILES string of the molecule is CC(C)c1ccc(C(C#N)Nc2ccc(Br)cc2)cc1. The van der Waals surface area contributed by atoms with E-state index in [0.717, 1.165) is 15.7 Å². The van der Waals surface area contributed by atoms with E-state index in [1.807, 2.05) is 36.4 Å². The number of hydrogen-bond donors (Lipinski definition) is 1. The van der Waals surface area contributed by atoms with Gasteiger partial charge in [0.05, 0.1) is 6.07 Å². The molecule has 3 heteroatoms. The minimum absolute atomic E-state index is 0.336. The van der Waals surface area contributed by atoms with Crippen molar-refractivity contribution in [3.8, 4) is 6.07 Å². The first-order valence-electron chi connectivity index (χ1n) is 6.61.